The summed E-state index contributed by atoms with van der Waals surface area (Å²) in [5.74, 6) is -0.616. The van der Waals surface area contributed by atoms with E-state index in [1.165, 1.54) is 12.2 Å². The summed E-state index contributed by atoms with van der Waals surface area (Å²) in [5.41, 5.74) is 8.11. The van der Waals surface area contributed by atoms with Crippen molar-refractivity contribution in [2.45, 2.75) is 0 Å². The van der Waals surface area contributed by atoms with Crippen LogP contribution in [-0.4, -0.2) is 136 Å². The molecule has 0 fully saturated rings. The smallest absolute Gasteiger partial charge is 0.253 e. The molecule has 2 amide bonds. The molecule has 0 radical (unpaired) electrons. The minimum Gasteiger partial charge on any atom is -0.379 e. The number of hydrogen-bond donors (Lipinski definition) is 0. The van der Waals surface area contributed by atoms with Crippen molar-refractivity contribution in [2.24, 2.45) is 5.11 Å². The molecule has 0 unspecified atom stereocenters. The molecule has 36 heavy (non-hydrogen) atoms. The largest absolute Gasteiger partial charge is 0.379 e. The Morgan fingerprint density at radius 1 is 0.556 bits per heavy atom. The summed E-state index contributed by atoms with van der Waals surface area (Å²) >= 11 is 0. The van der Waals surface area contributed by atoms with Crippen LogP contribution in [0.25, 0.3) is 10.4 Å². The number of ether oxygens (including phenoxy) is 8. The molecule has 14 heteroatoms. The summed E-state index contributed by atoms with van der Waals surface area (Å²) in [6.45, 7) is 7.64. The summed E-state index contributed by atoms with van der Waals surface area (Å²) in [6.07, 6.45) is 2.50. The molecule has 0 aromatic carbocycles. The molecule has 0 aliphatic carbocycles. The molecule has 0 atom stereocenters. The van der Waals surface area contributed by atoms with E-state index < -0.39 is 0 Å². The van der Waals surface area contributed by atoms with Crippen LogP contribution >= 0.6 is 0 Å². The van der Waals surface area contributed by atoms with Gasteiger partial charge in [-0.1, -0.05) is 5.11 Å². The van der Waals surface area contributed by atoms with Gasteiger partial charge in [-0.3, -0.25) is 14.5 Å². The molecule has 0 saturated heterocycles. The first-order chi connectivity index (χ1) is 17.8. The van der Waals surface area contributed by atoms with Gasteiger partial charge in [-0.15, -0.1) is 0 Å². The van der Waals surface area contributed by atoms with Crippen LogP contribution in [0.2, 0.25) is 0 Å². The first-order valence-electron chi connectivity index (χ1n) is 11.9. The van der Waals surface area contributed by atoms with Gasteiger partial charge in [0.2, 0.25) is 0 Å². The predicted octanol–water partition coefficient (Wildman–Crippen LogP) is 0.355. The minimum atomic E-state index is -0.308. The fourth-order valence-corrected chi connectivity index (χ4v) is 2.60. The lowest BCUT2D eigenvalue weighted by Crippen LogP contribution is -2.33. The van der Waals surface area contributed by atoms with Gasteiger partial charge in [0.1, 0.15) is 0 Å². The topological polar surface area (TPSA) is 160 Å². The second kappa shape index (κ2) is 24.6. The standard InChI is InChI=1S/C22H38N4O10/c23-25-24-3-5-29-7-9-31-11-13-33-15-17-35-19-20-36-18-16-34-14-12-32-10-8-30-6-4-26-21(27)1-2-22(26)28/h1-2H,3-20H2. The number of nitrogens with zero attached hydrogens (tertiary/aromatic N) is 4. The van der Waals surface area contributed by atoms with Crippen LogP contribution < -0.4 is 0 Å². The third-order valence-corrected chi connectivity index (χ3v) is 4.36. The summed E-state index contributed by atoms with van der Waals surface area (Å²) in [4.78, 5) is 26.5. The predicted molar refractivity (Wildman–Crippen MR) is 126 cm³/mol. The number of amides is 2. The van der Waals surface area contributed by atoms with Crippen molar-refractivity contribution >= 4 is 11.8 Å². The number of azide groups is 1. The molecule has 0 spiro atoms. The van der Waals surface area contributed by atoms with E-state index >= 15 is 0 Å². The first kappa shape index (κ1) is 31.9. The third-order valence-electron chi connectivity index (χ3n) is 4.36. The Hall–Kier alpha value is -2.13. The summed E-state index contributed by atoms with van der Waals surface area (Å²) < 4.78 is 42.9. The molecule has 1 aliphatic rings. The van der Waals surface area contributed by atoms with Gasteiger partial charge in [-0.05, 0) is 5.53 Å². The molecule has 14 nitrogen and oxygen atoms in total. The molecule has 1 rings (SSSR count). The molecular formula is C22H38N4O10. The van der Waals surface area contributed by atoms with E-state index in [1.54, 1.807) is 0 Å². The Bertz CT molecular complexity index is 628. The van der Waals surface area contributed by atoms with Crippen LogP contribution in [0, 0.1) is 0 Å². The zero-order valence-corrected chi connectivity index (χ0v) is 20.8. The van der Waals surface area contributed by atoms with Crippen LogP contribution in [0.4, 0.5) is 0 Å². The Morgan fingerprint density at radius 2 is 0.861 bits per heavy atom. The summed E-state index contributed by atoms with van der Waals surface area (Å²) in [6, 6.07) is 0. The van der Waals surface area contributed by atoms with Crippen molar-refractivity contribution in [3.8, 4) is 0 Å². The second-order valence-corrected chi connectivity index (χ2v) is 7.01. The zero-order chi connectivity index (χ0) is 25.9. The van der Waals surface area contributed by atoms with E-state index in [1.807, 2.05) is 0 Å². The fraction of sp³-hybridized carbons (Fsp3) is 0.818. The highest BCUT2D eigenvalue weighted by atomic mass is 16.6. The maximum atomic E-state index is 11.4. The van der Waals surface area contributed by atoms with E-state index in [4.69, 9.17) is 43.4 Å². The average molecular weight is 519 g/mol. The van der Waals surface area contributed by atoms with Gasteiger partial charge >= 0.3 is 0 Å². The zero-order valence-electron chi connectivity index (χ0n) is 20.8. The Balaban J connectivity index is 1.66. The van der Waals surface area contributed by atoms with Crippen LogP contribution in [0.3, 0.4) is 0 Å². The number of imide groups is 1. The van der Waals surface area contributed by atoms with Crippen molar-refractivity contribution < 1.29 is 47.5 Å². The van der Waals surface area contributed by atoms with Crippen LogP contribution in [0.15, 0.2) is 17.3 Å². The van der Waals surface area contributed by atoms with E-state index in [2.05, 4.69) is 10.0 Å². The molecule has 0 aromatic rings. The van der Waals surface area contributed by atoms with Crippen molar-refractivity contribution in [3.05, 3.63) is 22.6 Å². The lowest BCUT2D eigenvalue weighted by molar-refractivity contribution is -0.137. The highest BCUT2D eigenvalue weighted by molar-refractivity contribution is 6.12. The average Bonchev–Trinajstić information content (AvgIpc) is 3.20. The fourth-order valence-electron chi connectivity index (χ4n) is 2.60. The van der Waals surface area contributed by atoms with Gasteiger partial charge in [-0.2, -0.15) is 0 Å². The highest BCUT2D eigenvalue weighted by Crippen LogP contribution is 2.02. The number of carbonyl (C=O) groups is 2. The molecule has 0 aromatic heterocycles. The van der Waals surface area contributed by atoms with Gasteiger partial charge in [0.25, 0.3) is 11.8 Å². The van der Waals surface area contributed by atoms with Crippen molar-refractivity contribution in [1.82, 2.24) is 4.90 Å². The van der Waals surface area contributed by atoms with E-state index in [0.717, 1.165) is 4.90 Å². The first-order valence-corrected chi connectivity index (χ1v) is 11.9. The quantitative estimate of drug-likeness (QED) is 0.0488. The number of hydrogen-bond acceptors (Lipinski definition) is 11. The van der Waals surface area contributed by atoms with E-state index in [-0.39, 0.29) is 25.0 Å². The van der Waals surface area contributed by atoms with Gasteiger partial charge in [0, 0.05) is 23.6 Å². The minimum absolute atomic E-state index is 0.239. The lowest BCUT2D eigenvalue weighted by Gasteiger charge is -2.13. The molecule has 0 saturated carbocycles. The van der Waals surface area contributed by atoms with Crippen LogP contribution in [0.5, 0.6) is 0 Å². The summed E-state index contributed by atoms with van der Waals surface area (Å²) in [5, 5.41) is 3.36. The number of carbonyl (C=O) groups excluding carboxylic acids is 2. The molecule has 0 N–H and O–H groups in total. The van der Waals surface area contributed by atoms with Crippen molar-refractivity contribution in [2.75, 3.05) is 119 Å². The molecule has 206 valence electrons. The Labute approximate surface area is 211 Å². The van der Waals surface area contributed by atoms with Gasteiger partial charge in [-0.25, -0.2) is 0 Å². The van der Waals surface area contributed by atoms with Gasteiger partial charge in [0.05, 0.1) is 112 Å². The van der Waals surface area contributed by atoms with Crippen LogP contribution in [-0.2, 0) is 47.5 Å². The monoisotopic (exact) mass is 518 g/mol. The Morgan fingerprint density at radius 3 is 1.19 bits per heavy atom. The maximum Gasteiger partial charge on any atom is 0.253 e. The second-order valence-electron chi connectivity index (χ2n) is 7.01. The van der Waals surface area contributed by atoms with E-state index in [9.17, 15) is 9.59 Å². The van der Waals surface area contributed by atoms with Crippen LogP contribution in [0.1, 0.15) is 0 Å². The maximum absolute atomic E-state index is 11.4. The highest BCUT2D eigenvalue weighted by Gasteiger charge is 2.22. The normalized spacial score (nSPS) is 13.1. The van der Waals surface area contributed by atoms with Crippen molar-refractivity contribution in [3.63, 3.8) is 0 Å². The molecule has 0 bridgehead atoms. The summed E-state index contributed by atoms with van der Waals surface area (Å²) in [7, 11) is 0. The SMILES string of the molecule is [N-]=[N+]=NCCOCCOCCOCCOCCOCCOCCOCCOCCN1C(=O)C=CC1=O. The molecule has 1 heterocycles. The van der Waals surface area contributed by atoms with Gasteiger partial charge in [0.15, 0.2) is 0 Å². The van der Waals surface area contributed by atoms with Crippen molar-refractivity contribution in [1.29, 1.82) is 0 Å². The third kappa shape index (κ3) is 19.1. The molecular weight excluding hydrogens is 480 g/mol. The van der Waals surface area contributed by atoms with Gasteiger partial charge < -0.3 is 37.9 Å². The van der Waals surface area contributed by atoms with E-state index in [0.29, 0.717) is 106 Å². The number of rotatable bonds is 27. The molecule has 1 aliphatic heterocycles. The Kier molecular flexibility index (Phi) is 21.8. The lowest BCUT2D eigenvalue weighted by atomic mass is 10.5.